The summed E-state index contributed by atoms with van der Waals surface area (Å²) in [7, 11) is -3.40. The Balaban J connectivity index is 2.31. The van der Waals surface area contributed by atoms with Crippen LogP contribution in [-0.4, -0.2) is 32.4 Å². The molecule has 0 aromatic heterocycles. The lowest BCUT2D eigenvalue weighted by atomic mass is 9.94. The van der Waals surface area contributed by atoms with Crippen LogP contribution in [0.2, 0.25) is 0 Å². The van der Waals surface area contributed by atoms with E-state index in [1.165, 1.54) is 0 Å². The monoisotopic (exact) mass is 310 g/mol. The van der Waals surface area contributed by atoms with Gasteiger partial charge in [0.15, 0.2) is 0 Å². The molecule has 2 rings (SSSR count). The first-order valence-corrected chi connectivity index (χ1v) is 9.18. The predicted molar refractivity (Wildman–Crippen MR) is 85.5 cm³/mol. The summed E-state index contributed by atoms with van der Waals surface area (Å²) in [5.74, 6) is 0.842. The van der Waals surface area contributed by atoms with Gasteiger partial charge in [-0.15, -0.1) is 0 Å². The van der Waals surface area contributed by atoms with Crippen LogP contribution in [0.3, 0.4) is 0 Å². The van der Waals surface area contributed by atoms with Crippen molar-refractivity contribution < 1.29 is 8.42 Å². The number of nitrogens with one attached hydrogen (secondary N) is 1. The maximum Gasteiger partial charge on any atom is 0.243 e. The zero-order chi connectivity index (χ0) is 15.5. The van der Waals surface area contributed by atoms with Gasteiger partial charge in [0.25, 0.3) is 0 Å². The molecule has 21 heavy (non-hydrogen) atoms. The van der Waals surface area contributed by atoms with Gasteiger partial charge in [-0.05, 0) is 36.4 Å². The van der Waals surface area contributed by atoms with Crippen LogP contribution in [0, 0.1) is 11.8 Å². The molecule has 118 valence electrons. The summed E-state index contributed by atoms with van der Waals surface area (Å²) in [4.78, 5) is 0.451. The summed E-state index contributed by atoms with van der Waals surface area (Å²) in [6, 6.07) is 7.32. The van der Waals surface area contributed by atoms with Gasteiger partial charge in [0.1, 0.15) is 0 Å². The molecule has 4 nitrogen and oxygen atoms in total. The van der Waals surface area contributed by atoms with Crippen molar-refractivity contribution in [2.75, 3.05) is 19.6 Å². The van der Waals surface area contributed by atoms with Gasteiger partial charge >= 0.3 is 0 Å². The quantitative estimate of drug-likeness (QED) is 0.909. The average molecular weight is 310 g/mol. The summed E-state index contributed by atoms with van der Waals surface area (Å²) in [5.41, 5.74) is 0.852. The Bertz CT molecular complexity index is 561. The van der Waals surface area contributed by atoms with Crippen LogP contribution in [0.25, 0.3) is 0 Å². The van der Waals surface area contributed by atoms with Crippen LogP contribution in [0.1, 0.15) is 32.8 Å². The molecule has 0 radical (unpaired) electrons. The number of sulfonamides is 1. The molecule has 1 fully saturated rings. The Morgan fingerprint density at radius 2 is 1.81 bits per heavy atom. The smallest absolute Gasteiger partial charge is 0.243 e. The van der Waals surface area contributed by atoms with E-state index < -0.39 is 10.0 Å². The SMILES string of the molecule is CCNCc1ccccc1S(=O)(=O)N1CC(C)CC(C)C1. The molecule has 0 amide bonds. The first kappa shape index (κ1) is 16.5. The van der Waals surface area contributed by atoms with E-state index in [0.29, 0.717) is 36.4 Å². The normalized spacial score (nSPS) is 24.1. The van der Waals surface area contributed by atoms with E-state index in [1.54, 1.807) is 16.4 Å². The van der Waals surface area contributed by atoms with Crippen molar-refractivity contribution in [3.63, 3.8) is 0 Å². The van der Waals surface area contributed by atoms with Gasteiger partial charge in [-0.25, -0.2) is 8.42 Å². The Morgan fingerprint density at radius 3 is 2.43 bits per heavy atom. The van der Waals surface area contributed by atoms with E-state index in [2.05, 4.69) is 19.2 Å². The first-order valence-electron chi connectivity index (χ1n) is 7.74. The van der Waals surface area contributed by atoms with Gasteiger partial charge in [0.05, 0.1) is 4.90 Å². The number of piperidine rings is 1. The topological polar surface area (TPSA) is 49.4 Å². The van der Waals surface area contributed by atoms with Gasteiger partial charge in [0, 0.05) is 19.6 Å². The zero-order valence-corrected chi connectivity index (χ0v) is 14.0. The highest BCUT2D eigenvalue weighted by Crippen LogP contribution is 2.28. The zero-order valence-electron chi connectivity index (χ0n) is 13.2. The largest absolute Gasteiger partial charge is 0.313 e. The van der Waals surface area contributed by atoms with Gasteiger partial charge < -0.3 is 5.32 Å². The fraction of sp³-hybridized carbons (Fsp3) is 0.625. The molecule has 0 spiro atoms. The minimum absolute atomic E-state index is 0.421. The summed E-state index contributed by atoms with van der Waals surface area (Å²) < 4.78 is 27.6. The van der Waals surface area contributed by atoms with E-state index in [1.807, 2.05) is 19.1 Å². The first-order chi connectivity index (χ1) is 9.95. The number of rotatable bonds is 5. The molecule has 1 aliphatic heterocycles. The number of hydrogen-bond donors (Lipinski definition) is 1. The lowest BCUT2D eigenvalue weighted by molar-refractivity contribution is 0.222. The molecule has 5 heteroatoms. The molecule has 1 aromatic rings. The van der Waals surface area contributed by atoms with Crippen molar-refractivity contribution >= 4 is 10.0 Å². The Labute approximate surface area is 128 Å². The van der Waals surface area contributed by atoms with Crippen LogP contribution < -0.4 is 5.32 Å². The van der Waals surface area contributed by atoms with Crippen LogP contribution in [0.4, 0.5) is 0 Å². The number of hydrogen-bond acceptors (Lipinski definition) is 3. The molecule has 2 unspecified atom stereocenters. The fourth-order valence-electron chi connectivity index (χ4n) is 3.10. The van der Waals surface area contributed by atoms with Crippen LogP contribution in [0.5, 0.6) is 0 Å². The molecule has 1 aliphatic rings. The lowest BCUT2D eigenvalue weighted by Crippen LogP contribution is -2.42. The maximum absolute atomic E-state index is 13.0. The third-order valence-corrected chi connectivity index (χ3v) is 5.92. The highest BCUT2D eigenvalue weighted by Gasteiger charge is 2.32. The van der Waals surface area contributed by atoms with E-state index in [4.69, 9.17) is 0 Å². The van der Waals surface area contributed by atoms with Crippen molar-refractivity contribution in [3.05, 3.63) is 29.8 Å². The fourth-order valence-corrected chi connectivity index (χ4v) is 5.00. The summed E-state index contributed by atoms with van der Waals surface area (Å²) in [6.07, 6.45) is 1.10. The summed E-state index contributed by atoms with van der Waals surface area (Å²) in [6.45, 7) is 8.94. The van der Waals surface area contributed by atoms with E-state index in [9.17, 15) is 8.42 Å². The van der Waals surface area contributed by atoms with Gasteiger partial charge in [-0.2, -0.15) is 4.31 Å². The van der Waals surface area contributed by atoms with E-state index >= 15 is 0 Å². The third-order valence-electron chi connectivity index (χ3n) is 3.99. The maximum atomic E-state index is 13.0. The molecular formula is C16H26N2O2S. The standard InChI is InChI=1S/C16H26N2O2S/c1-4-17-10-15-7-5-6-8-16(15)21(19,20)18-11-13(2)9-14(3)12-18/h5-8,13-14,17H,4,9-12H2,1-3H3. The second-order valence-electron chi connectivity index (χ2n) is 6.16. The average Bonchev–Trinajstić information content (AvgIpc) is 2.44. The van der Waals surface area contributed by atoms with Gasteiger partial charge in [-0.1, -0.05) is 39.0 Å². The molecule has 1 heterocycles. The molecule has 0 aliphatic carbocycles. The van der Waals surface area contributed by atoms with Crippen LogP contribution in [-0.2, 0) is 16.6 Å². The number of nitrogens with zero attached hydrogens (tertiary/aromatic N) is 1. The van der Waals surface area contributed by atoms with E-state index in [0.717, 1.165) is 18.5 Å². The molecule has 0 saturated carbocycles. The summed E-state index contributed by atoms with van der Waals surface area (Å²) in [5, 5.41) is 3.21. The molecule has 1 aromatic carbocycles. The summed E-state index contributed by atoms with van der Waals surface area (Å²) >= 11 is 0. The molecule has 0 bridgehead atoms. The van der Waals surface area contributed by atoms with Gasteiger partial charge in [-0.3, -0.25) is 0 Å². The lowest BCUT2D eigenvalue weighted by Gasteiger charge is -2.34. The number of benzene rings is 1. The van der Waals surface area contributed by atoms with Crippen molar-refractivity contribution in [1.82, 2.24) is 9.62 Å². The second kappa shape index (κ2) is 6.90. The Morgan fingerprint density at radius 1 is 1.19 bits per heavy atom. The Hall–Kier alpha value is -0.910. The van der Waals surface area contributed by atoms with Crippen molar-refractivity contribution in [3.8, 4) is 0 Å². The molecule has 2 atom stereocenters. The van der Waals surface area contributed by atoms with Crippen LogP contribution in [0.15, 0.2) is 29.2 Å². The highest BCUT2D eigenvalue weighted by atomic mass is 32.2. The molecule has 1 saturated heterocycles. The second-order valence-corrected chi connectivity index (χ2v) is 8.06. The van der Waals surface area contributed by atoms with Crippen molar-refractivity contribution in [1.29, 1.82) is 0 Å². The van der Waals surface area contributed by atoms with E-state index in [-0.39, 0.29) is 0 Å². The van der Waals surface area contributed by atoms with Gasteiger partial charge in [0.2, 0.25) is 10.0 Å². The molecular weight excluding hydrogens is 284 g/mol. The Kier molecular flexibility index (Phi) is 5.41. The third kappa shape index (κ3) is 3.84. The minimum atomic E-state index is -3.40. The van der Waals surface area contributed by atoms with Crippen molar-refractivity contribution in [2.24, 2.45) is 11.8 Å². The van der Waals surface area contributed by atoms with Crippen molar-refractivity contribution in [2.45, 2.75) is 38.6 Å². The minimum Gasteiger partial charge on any atom is -0.313 e. The van der Waals surface area contributed by atoms with Crippen LogP contribution >= 0.6 is 0 Å². The molecule has 1 N–H and O–H groups in total. The highest BCUT2D eigenvalue weighted by molar-refractivity contribution is 7.89. The predicted octanol–water partition coefficient (Wildman–Crippen LogP) is 2.46.